The Hall–Kier alpha value is -2.01. The smallest absolute Gasteiger partial charge is 0.333 e. The minimum Gasteiger partial charge on any atom is -0.467 e. The number of hydrogen-bond acceptors (Lipinski definition) is 4. The second-order valence-corrected chi connectivity index (χ2v) is 4.61. The summed E-state index contributed by atoms with van der Waals surface area (Å²) in [6.07, 6.45) is 3.49. The van der Waals surface area contributed by atoms with Crippen LogP contribution in [-0.4, -0.2) is 22.9 Å². The third kappa shape index (κ3) is 3.11. The predicted molar refractivity (Wildman–Crippen MR) is 77.7 cm³/mol. The van der Waals surface area contributed by atoms with E-state index >= 15 is 0 Å². The third-order valence-corrected chi connectivity index (χ3v) is 3.27. The largest absolute Gasteiger partial charge is 0.467 e. The molecule has 1 aromatic heterocycles. The second kappa shape index (κ2) is 6.43. The molecule has 0 radical (unpaired) electrons. The lowest BCUT2D eigenvalue weighted by atomic mass is 10.1. The maximum atomic E-state index is 12.0. The van der Waals surface area contributed by atoms with E-state index in [2.05, 4.69) is 10.4 Å². The molecule has 2 rings (SSSR count). The van der Waals surface area contributed by atoms with Crippen LogP contribution >= 0.6 is 11.6 Å². The zero-order valence-corrected chi connectivity index (χ0v) is 12.1. The van der Waals surface area contributed by atoms with E-state index in [4.69, 9.17) is 16.3 Å². The van der Waals surface area contributed by atoms with Gasteiger partial charge in [0.25, 0.3) is 0 Å². The van der Waals surface area contributed by atoms with Gasteiger partial charge in [0.15, 0.2) is 6.04 Å². The van der Waals surface area contributed by atoms with Crippen molar-refractivity contribution in [1.82, 2.24) is 9.78 Å². The van der Waals surface area contributed by atoms with Crippen molar-refractivity contribution in [3.05, 3.63) is 47.2 Å². The molecular weight excluding hydrogens is 278 g/mol. The van der Waals surface area contributed by atoms with Gasteiger partial charge in [-0.05, 0) is 13.0 Å². The average Bonchev–Trinajstić information content (AvgIpc) is 2.92. The molecule has 106 valence electrons. The number of aryl methyl sites for hydroxylation is 1. The van der Waals surface area contributed by atoms with E-state index in [1.165, 1.54) is 7.11 Å². The fourth-order valence-electron chi connectivity index (χ4n) is 1.87. The SMILES string of the molecule is CCn1cc(N[C@@H](C(=O)OC)c2ccccc2Cl)cn1. The van der Waals surface area contributed by atoms with E-state index in [1.807, 2.05) is 25.3 Å². The molecule has 0 saturated heterocycles. The molecular formula is C14H16ClN3O2. The number of halogens is 1. The van der Waals surface area contributed by atoms with Gasteiger partial charge in [0.2, 0.25) is 0 Å². The zero-order chi connectivity index (χ0) is 14.5. The number of ether oxygens (including phenoxy) is 1. The summed E-state index contributed by atoms with van der Waals surface area (Å²) in [5.74, 6) is -0.401. The highest BCUT2D eigenvalue weighted by molar-refractivity contribution is 6.31. The fraction of sp³-hybridized carbons (Fsp3) is 0.286. The predicted octanol–water partition coefficient (Wildman–Crippen LogP) is 2.88. The minimum absolute atomic E-state index is 0.401. The number of nitrogens with zero attached hydrogens (tertiary/aromatic N) is 2. The van der Waals surface area contributed by atoms with Crippen LogP contribution in [0.15, 0.2) is 36.7 Å². The number of rotatable bonds is 5. The van der Waals surface area contributed by atoms with Crippen molar-refractivity contribution in [3.8, 4) is 0 Å². The molecule has 0 spiro atoms. The van der Waals surface area contributed by atoms with Gasteiger partial charge in [-0.3, -0.25) is 4.68 Å². The number of aromatic nitrogens is 2. The molecule has 0 saturated carbocycles. The topological polar surface area (TPSA) is 56.2 Å². The number of nitrogens with one attached hydrogen (secondary N) is 1. The van der Waals surface area contributed by atoms with Gasteiger partial charge in [0.05, 0.1) is 19.0 Å². The highest BCUT2D eigenvalue weighted by Gasteiger charge is 2.23. The van der Waals surface area contributed by atoms with Crippen molar-refractivity contribution < 1.29 is 9.53 Å². The highest BCUT2D eigenvalue weighted by atomic mass is 35.5. The molecule has 20 heavy (non-hydrogen) atoms. The van der Waals surface area contributed by atoms with Crippen LogP contribution in [-0.2, 0) is 16.1 Å². The number of benzene rings is 1. The van der Waals surface area contributed by atoms with E-state index in [0.717, 1.165) is 12.2 Å². The molecule has 1 aromatic carbocycles. The summed E-state index contributed by atoms with van der Waals surface area (Å²) in [5.41, 5.74) is 1.41. The highest BCUT2D eigenvalue weighted by Crippen LogP contribution is 2.26. The quantitative estimate of drug-likeness (QED) is 0.861. The van der Waals surface area contributed by atoms with Gasteiger partial charge in [-0.15, -0.1) is 0 Å². The van der Waals surface area contributed by atoms with Gasteiger partial charge >= 0.3 is 5.97 Å². The van der Waals surface area contributed by atoms with Gasteiger partial charge in [-0.2, -0.15) is 5.10 Å². The maximum Gasteiger partial charge on any atom is 0.333 e. The summed E-state index contributed by atoms with van der Waals surface area (Å²) in [6.45, 7) is 2.75. The first-order valence-electron chi connectivity index (χ1n) is 6.27. The molecule has 5 nitrogen and oxygen atoms in total. The average molecular weight is 294 g/mol. The molecule has 0 unspecified atom stereocenters. The first kappa shape index (κ1) is 14.4. The lowest BCUT2D eigenvalue weighted by Crippen LogP contribution is -2.22. The molecule has 2 aromatic rings. The molecule has 0 aliphatic heterocycles. The number of hydrogen-bond donors (Lipinski definition) is 1. The lowest BCUT2D eigenvalue weighted by molar-refractivity contribution is -0.141. The Labute approximate surface area is 122 Å². The van der Waals surface area contributed by atoms with Crippen LogP contribution in [0.1, 0.15) is 18.5 Å². The van der Waals surface area contributed by atoms with Crippen LogP contribution in [0.5, 0.6) is 0 Å². The number of anilines is 1. The van der Waals surface area contributed by atoms with Crippen LogP contribution in [0, 0.1) is 0 Å². The molecule has 0 aliphatic rings. The lowest BCUT2D eigenvalue weighted by Gasteiger charge is -2.17. The Kier molecular flexibility index (Phi) is 4.63. The summed E-state index contributed by atoms with van der Waals surface area (Å²) in [4.78, 5) is 12.0. The van der Waals surface area contributed by atoms with Crippen LogP contribution in [0.2, 0.25) is 5.02 Å². The Morgan fingerprint density at radius 1 is 1.50 bits per heavy atom. The van der Waals surface area contributed by atoms with E-state index in [0.29, 0.717) is 10.6 Å². The summed E-state index contributed by atoms with van der Waals surface area (Å²) in [5, 5.41) is 7.77. The maximum absolute atomic E-state index is 12.0. The number of carbonyl (C=O) groups is 1. The molecule has 1 atom stereocenters. The van der Waals surface area contributed by atoms with Crippen molar-refractivity contribution in [1.29, 1.82) is 0 Å². The Morgan fingerprint density at radius 2 is 2.25 bits per heavy atom. The summed E-state index contributed by atoms with van der Waals surface area (Å²) >= 11 is 6.15. The number of methoxy groups -OCH3 is 1. The summed E-state index contributed by atoms with van der Waals surface area (Å²) in [6, 6.07) is 6.51. The van der Waals surface area contributed by atoms with Gasteiger partial charge in [0, 0.05) is 23.3 Å². The van der Waals surface area contributed by atoms with Crippen molar-refractivity contribution in [2.24, 2.45) is 0 Å². The van der Waals surface area contributed by atoms with Crippen LogP contribution in [0.4, 0.5) is 5.69 Å². The molecule has 0 aliphatic carbocycles. The Bertz CT molecular complexity index is 598. The first-order valence-corrected chi connectivity index (χ1v) is 6.64. The summed E-state index contributed by atoms with van der Waals surface area (Å²) in [7, 11) is 1.35. The molecule has 1 heterocycles. The van der Waals surface area contributed by atoms with E-state index in [9.17, 15) is 4.79 Å². The molecule has 6 heteroatoms. The van der Waals surface area contributed by atoms with Gasteiger partial charge in [-0.25, -0.2) is 4.79 Å². The molecule has 1 N–H and O–H groups in total. The first-order chi connectivity index (χ1) is 9.65. The van der Waals surface area contributed by atoms with Gasteiger partial charge in [-0.1, -0.05) is 29.8 Å². The fourth-order valence-corrected chi connectivity index (χ4v) is 2.11. The van der Waals surface area contributed by atoms with E-state index < -0.39 is 12.0 Å². The molecule has 0 bridgehead atoms. The van der Waals surface area contributed by atoms with Crippen molar-refractivity contribution in [2.45, 2.75) is 19.5 Å². The van der Waals surface area contributed by atoms with Crippen LogP contribution in [0.25, 0.3) is 0 Å². The monoisotopic (exact) mass is 293 g/mol. The Balaban J connectivity index is 2.29. The normalized spacial score (nSPS) is 11.9. The van der Waals surface area contributed by atoms with Crippen molar-refractivity contribution >= 4 is 23.3 Å². The van der Waals surface area contributed by atoms with Gasteiger partial charge < -0.3 is 10.1 Å². The van der Waals surface area contributed by atoms with Crippen LogP contribution in [0.3, 0.4) is 0 Å². The van der Waals surface area contributed by atoms with E-state index in [-0.39, 0.29) is 0 Å². The minimum atomic E-state index is -0.664. The van der Waals surface area contributed by atoms with Crippen molar-refractivity contribution in [2.75, 3.05) is 12.4 Å². The van der Waals surface area contributed by atoms with Crippen LogP contribution < -0.4 is 5.32 Å². The summed E-state index contributed by atoms with van der Waals surface area (Å²) < 4.78 is 6.61. The molecule has 0 fully saturated rings. The zero-order valence-electron chi connectivity index (χ0n) is 11.3. The standard InChI is InChI=1S/C14H16ClN3O2/c1-3-18-9-10(8-16-18)17-13(14(19)20-2)11-6-4-5-7-12(11)15/h4-9,13,17H,3H2,1-2H3/t13-/m1/s1. The number of carbonyl (C=O) groups excluding carboxylic acids is 1. The van der Waals surface area contributed by atoms with Crippen molar-refractivity contribution in [3.63, 3.8) is 0 Å². The van der Waals surface area contributed by atoms with Gasteiger partial charge in [0.1, 0.15) is 0 Å². The number of esters is 1. The molecule has 0 amide bonds. The second-order valence-electron chi connectivity index (χ2n) is 4.21. The third-order valence-electron chi connectivity index (χ3n) is 2.92. The van der Waals surface area contributed by atoms with E-state index in [1.54, 1.807) is 23.0 Å². The Morgan fingerprint density at radius 3 is 2.85 bits per heavy atom.